The minimum absolute atomic E-state index is 0.138. The maximum absolute atomic E-state index is 5.59. The molecule has 18 heavy (non-hydrogen) atoms. The predicted octanol–water partition coefficient (Wildman–Crippen LogP) is 2.76. The summed E-state index contributed by atoms with van der Waals surface area (Å²) in [5, 5.41) is 3.49. The highest BCUT2D eigenvalue weighted by atomic mass is 16.5. The fourth-order valence-electron chi connectivity index (χ4n) is 1.71. The minimum atomic E-state index is 0.138. The van der Waals surface area contributed by atoms with E-state index in [0.29, 0.717) is 17.8 Å². The van der Waals surface area contributed by atoms with Crippen molar-refractivity contribution in [2.45, 2.75) is 59.1 Å². The Hall–Kier alpha value is -1.16. The average Bonchev–Trinajstić information content (AvgIpc) is 2.34. The van der Waals surface area contributed by atoms with E-state index in [-0.39, 0.29) is 6.10 Å². The first-order valence-corrected chi connectivity index (χ1v) is 6.76. The van der Waals surface area contributed by atoms with Gasteiger partial charge in [-0.2, -0.15) is 0 Å². The van der Waals surface area contributed by atoms with Crippen LogP contribution in [0.1, 0.15) is 52.7 Å². The van der Waals surface area contributed by atoms with Crippen LogP contribution in [0, 0.1) is 0 Å². The van der Waals surface area contributed by atoms with Crippen molar-refractivity contribution < 1.29 is 4.74 Å². The van der Waals surface area contributed by atoms with Crippen LogP contribution in [0.15, 0.2) is 12.4 Å². The molecule has 102 valence electrons. The molecule has 1 rings (SSSR count). The summed E-state index contributed by atoms with van der Waals surface area (Å²) in [5.74, 6) is 0.999. The number of hydrogen-bond donors (Lipinski definition) is 1. The van der Waals surface area contributed by atoms with E-state index in [0.717, 1.165) is 18.7 Å². The Morgan fingerprint density at radius 3 is 2.56 bits per heavy atom. The Bertz CT molecular complexity index is 355. The number of nitrogens with one attached hydrogen (secondary N) is 1. The third kappa shape index (κ3) is 4.61. The molecule has 4 heteroatoms. The van der Waals surface area contributed by atoms with E-state index in [4.69, 9.17) is 4.74 Å². The summed E-state index contributed by atoms with van der Waals surface area (Å²) in [5.41, 5.74) is 1.02. The second-order valence-corrected chi connectivity index (χ2v) is 4.98. The number of ether oxygens (including phenoxy) is 1. The van der Waals surface area contributed by atoms with Crippen LogP contribution >= 0.6 is 0 Å². The molecule has 2 unspecified atom stereocenters. The van der Waals surface area contributed by atoms with E-state index in [1.807, 2.05) is 19.9 Å². The Balaban J connectivity index is 2.69. The van der Waals surface area contributed by atoms with Crippen molar-refractivity contribution in [2.24, 2.45) is 0 Å². The van der Waals surface area contributed by atoms with Gasteiger partial charge in [0.25, 0.3) is 0 Å². The molecule has 0 saturated heterocycles. The summed E-state index contributed by atoms with van der Waals surface area (Å²) < 4.78 is 5.59. The summed E-state index contributed by atoms with van der Waals surface area (Å²) in [4.78, 5) is 8.47. The van der Waals surface area contributed by atoms with E-state index in [2.05, 4.69) is 36.1 Å². The van der Waals surface area contributed by atoms with E-state index >= 15 is 0 Å². The molecular formula is C14H25N3O. The highest BCUT2D eigenvalue weighted by molar-refractivity contribution is 5.18. The molecule has 1 N–H and O–H groups in total. The van der Waals surface area contributed by atoms with Gasteiger partial charge in [0.1, 0.15) is 6.33 Å². The molecule has 0 spiro atoms. The molecule has 0 aliphatic rings. The molecule has 1 aromatic rings. The molecule has 2 atom stereocenters. The van der Waals surface area contributed by atoms with Gasteiger partial charge in [0, 0.05) is 18.0 Å². The van der Waals surface area contributed by atoms with Gasteiger partial charge < -0.3 is 10.1 Å². The third-order valence-corrected chi connectivity index (χ3v) is 2.95. The molecule has 0 aliphatic heterocycles. The molecule has 0 bridgehead atoms. The van der Waals surface area contributed by atoms with Gasteiger partial charge in [-0.1, -0.05) is 13.8 Å². The Morgan fingerprint density at radius 1 is 1.22 bits per heavy atom. The van der Waals surface area contributed by atoms with Crippen molar-refractivity contribution >= 4 is 0 Å². The van der Waals surface area contributed by atoms with Crippen molar-refractivity contribution in [3.05, 3.63) is 18.1 Å². The molecule has 0 saturated carbocycles. The molecule has 0 radical (unpaired) electrons. The summed E-state index contributed by atoms with van der Waals surface area (Å²) >= 11 is 0. The van der Waals surface area contributed by atoms with Crippen molar-refractivity contribution in [1.29, 1.82) is 0 Å². The lowest BCUT2D eigenvalue weighted by Crippen LogP contribution is -2.31. The van der Waals surface area contributed by atoms with Crippen LogP contribution in [0.4, 0.5) is 0 Å². The summed E-state index contributed by atoms with van der Waals surface area (Å²) in [6.07, 6.45) is 2.86. The van der Waals surface area contributed by atoms with Gasteiger partial charge in [0.15, 0.2) is 0 Å². The van der Waals surface area contributed by atoms with E-state index in [1.54, 1.807) is 6.33 Å². The first kappa shape index (κ1) is 14.9. The van der Waals surface area contributed by atoms with Gasteiger partial charge >= 0.3 is 0 Å². The van der Waals surface area contributed by atoms with Crippen molar-refractivity contribution in [3.63, 3.8) is 0 Å². The van der Waals surface area contributed by atoms with Crippen LogP contribution in [0.3, 0.4) is 0 Å². The van der Waals surface area contributed by atoms with Crippen LogP contribution in [0.5, 0.6) is 5.88 Å². The first-order valence-electron chi connectivity index (χ1n) is 6.76. The van der Waals surface area contributed by atoms with Crippen LogP contribution in [-0.2, 0) is 0 Å². The minimum Gasteiger partial charge on any atom is -0.475 e. The van der Waals surface area contributed by atoms with Crippen LogP contribution in [0.2, 0.25) is 0 Å². The number of aromatic nitrogens is 2. The van der Waals surface area contributed by atoms with Gasteiger partial charge in [-0.25, -0.2) is 9.97 Å². The normalized spacial score (nSPS) is 14.6. The molecule has 4 nitrogen and oxygen atoms in total. The molecule has 0 aromatic carbocycles. The number of nitrogens with zero attached hydrogens (tertiary/aromatic N) is 2. The number of hydrogen-bond acceptors (Lipinski definition) is 4. The number of rotatable bonds is 7. The zero-order chi connectivity index (χ0) is 13.5. The monoisotopic (exact) mass is 251 g/mol. The summed E-state index contributed by atoms with van der Waals surface area (Å²) in [7, 11) is 0. The van der Waals surface area contributed by atoms with Crippen molar-refractivity contribution in [2.75, 3.05) is 6.54 Å². The summed E-state index contributed by atoms with van der Waals surface area (Å²) in [6.45, 7) is 11.6. The smallest absolute Gasteiger partial charge is 0.216 e. The van der Waals surface area contributed by atoms with Gasteiger partial charge in [-0.05, 0) is 33.7 Å². The van der Waals surface area contributed by atoms with Gasteiger partial charge in [0.2, 0.25) is 5.88 Å². The molecular weight excluding hydrogens is 226 g/mol. The third-order valence-electron chi connectivity index (χ3n) is 2.95. The molecule has 0 fully saturated rings. The van der Waals surface area contributed by atoms with Crippen LogP contribution < -0.4 is 10.1 Å². The Kier molecular flexibility index (Phi) is 6.05. The lowest BCUT2D eigenvalue weighted by Gasteiger charge is -2.21. The highest BCUT2D eigenvalue weighted by Crippen LogP contribution is 2.20. The van der Waals surface area contributed by atoms with Crippen molar-refractivity contribution in [3.8, 4) is 5.88 Å². The van der Waals surface area contributed by atoms with Crippen molar-refractivity contribution in [1.82, 2.24) is 15.3 Å². The van der Waals surface area contributed by atoms with E-state index < -0.39 is 0 Å². The molecule has 1 aromatic heterocycles. The van der Waals surface area contributed by atoms with Crippen LogP contribution in [-0.4, -0.2) is 28.7 Å². The lowest BCUT2D eigenvalue weighted by molar-refractivity contribution is 0.231. The second-order valence-electron chi connectivity index (χ2n) is 4.98. The zero-order valence-electron chi connectivity index (χ0n) is 12.1. The zero-order valence-corrected chi connectivity index (χ0v) is 12.1. The van der Waals surface area contributed by atoms with Gasteiger partial charge in [0.05, 0.1) is 11.8 Å². The first-order chi connectivity index (χ1) is 8.54. The van der Waals surface area contributed by atoms with E-state index in [9.17, 15) is 0 Å². The Morgan fingerprint density at radius 2 is 1.94 bits per heavy atom. The molecule has 0 aliphatic carbocycles. The summed E-state index contributed by atoms with van der Waals surface area (Å²) in [6, 6.07) is 2.33. The van der Waals surface area contributed by atoms with Gasteiger partial charge in [-0.15, -0.1) is 0 Å². The second kappa shape index (κ2) is 7.31. The lowest BCUT2D eigenvalue weighted by atomic mass is 9.99. The standard InChI is InChI=1S/C14H25N3O/c1-6-7-15-12(5)11(4)13-8-14(17-9-16-13)18-10(2)3/h8-12,15H,6-7H2,1-5H3. The maximum Gasteiger partial charge on any atom is 0.216 e. The quantitative estimate of drug-likeness (QED) is 0.809. The topological polar surface area (TPSA) is 47.0 Å². The SMILES string of the molecule is CCCNC(C)C(C)c1cc(OC(C)C)ncn1. The fourth-order valence-corrected chi connectivity index (χ4v) is 1.71. The van der Waals surface area contributed by atoms with Crippen LogP contribution in [0.25, 0.3) is 0 Å². The molecule has 0 amide bonds. The van der Waals surface area contributed by atoms with Gasteiger partial charge in [-0.3, -0.25) is 0 Å². The molecule has 1 heterocycles. The van der Waals surface area contributed by atoms with E-state index in [1.165, 1.54) is 0 Å². The average molecular weight is 251 g/mol. The predicted molar refractivity (Wildman–Crippen MR) is 74.0 cm³/mol. The largest absolute Gasteiger partial charge is 0.475 e. The fraction of sp³-hybridized carbons (Fsp3) is 0.714. The maximum atomic E-state index is 5.59. The highest BCUT2D eigenvalue weighted by Gasteiger charge is 2.16. The Labute approximate surface area is 110 Å².